The molecule has 0 aromatic heterocycles. The van der Waals surface area contributed by atoms with E-state index in [1.54, 1.807) is 36.4 Å². The Labute approximate surface area is 223 Å². The molecule has 3 rings (SSSR count). The van der Waals surface area contributed by atoms with Gasteiger partial charge in [-0.3, -0.25) is 4.79 Å². The van der Waals surface area contributed by atoms with Gasteiger partial charge >= 0.3 is 0 Å². The highest BCUT2D eigenvalue weighted by atomic mass is 127. The van der Waals surface area contributed by atoms with Gasteiger partial charge in [-0.2, -0.15) is 5.26 Å². The molecule has 3 aromatic carbocycles. The van der Waals surface area contributed by atoms with Crippen LogP contribution < -0.4 is 14.8 Å². The molecular weight excluding hydrogens is 663 g/mol. The zero-order chi connectivity index (χ0) is 23.8. The smallest absolute Gasteiger partial charge is 0.266 e. The van der Waals surface area contributed by atoms with Crippen molar-refractivity contribution in [1.82, 2.24) is 0 Å². The van der Waals surface area contributed by atoms with Gasteiger partial charge in [-0.15, -0.1) is 0 Å². The largest absolute Gasteiger partial charge is 0.494 e. The molecule has 3 aromatic rings. The predicted molar refractivity (Wildman–Crippen MR) is 145 cm³/mol. The second kappa shape index (κ2) is 12.2. The lowest BCUT2D eigenvalue weighted by atomic mass is 10.1. The van der Waals surface area contributed by atoms with Gasteiger partial charge in [-0.05, 0) is 115 Å². The number of hydrogen-bond donors (Lipinski definition) is 1. The van der Waals surface area contributed by atoms with Crippen LogP contribution in [0.2, 0.25) is 0 Å². The molecule has 0 saturated carbocycles. The average molecular weight is 682 g/mol. The molecule has 1 N–H and O–H groups in total. The van der Waals surface area contributed by atoms with Gasteiger partial charge in [0.05, 0.1) is 15.6 Å². The van der Waals surface area contributed by atoms with Crippen molar-refractivity contribution >= 4 is 72.1 Å². The van der Waals surface area contributed by atoms with Crippen LogP contribution >= 0.6 is 54.5 Å². The topological polar surface area (TPSA) is 71.3 Å². The van der Waals surface area contributed by atoms with E-state index in [1.165, 1.54) is 6.08 Å². The maximum Gasteiger partial charge on any atom is 0.266 e. The summed E-state index contributed by atoms with van der Waals surface area (Å²) < 4.78 is 14.0. The van der Waals surface area contributed by atoms with Crippen LogP contribution in [0.3, 0.4) is 0 Å². The lowest BCUT2D eigenvalue weighted by Crippen LogP contribution is -2.13. The fourth-order valence-electron chi connectivity index (χ4n) is 2.88. The normalized spacial score (nSPS) is 10.9. The quantitative estimate of drug-likeness (QED) is 0.154. The predicted octanol–water partition coefficient (Wildman–Crippen LogP) is 7.34. The van der Waals surface area contributed by atoms with Gasteiger partial charge in [-0.1, -0.05) is 18.2 Å². The number of ether oxygens (including phenoxy) is 2. The molecule has 0 unspecified atom stereocenters. The van der Waals surface area contributed by atoms with E-state index in [0.717, 1.165) is 9.13 Å². The van der Waals surface area contributed by atoms with Crippen LogP contribution in [-0.2, 0) is 11.4 Å². The third-order valence-electron chi connectivity index (χ3n) is 4.40. The number of nitrogens with one attached hydrogen (secondary N) is 1. The highest BCUT2D eigenvalue weighted by Gasteiger charge is 2.13. The second-order valence-electron chi connectivity index (χ2n) is 6.81. The minimum atomic E-state index is -0.502. The van der Waals surface area contributed by atoms with E-state index in [0.29, 0.717) is 44.9 Å². The third kappa shape index (κ3) is 7.32. The summed E-state index contributed by atoms with van der Waals surface area (Å²) in [6.45, 7) is 2.82. The zero-order valence-electron chi connectivity index (χ0n) is 17.6. The minimum absolute atomic E-state index is 0.0248. The van der Waals surface area contributed by atoms with Gasteiger partial charge in [0.2, 0.25) is 0 Å². The van der Waals surface area contributed by atoms with Crippen LogP contribution in [0.25, 0.3) is 6.08 Å². The van der Waals surface area contributed by atoms with Crippen molar-refractivity contribution in [2.24, 2.45) is 0 Å². The Morgan fingerprint density at radius 1 is 1.09 bits per heavy atom. The lowest BCUT2D eigenvalue weighted by Gasteiger charge is -2.12. The van der Waals surface area contributed by atoms with E-state index in [4.69, 9.17) is 9.47 Å². The number of nitriles is 1. The van der Waals surface area contributed by atoms with Crippen LogP contribution in [0.5, 0.6) is 11.5 Å². The molecule has 0 spiro atoms. The highest BCUT2D eigenvalue weighted by molar-refractivity contribution is 14.1. The van der Waals surface area contributed by atoms with Crippen molar-refractivity contribution in [2.75, 3.05) is 11.9 Å². The fourth-order valence-corrected chi connectivity index (χ4v) is 4.69. The number of carbonyl (C=O) groups is 1. The Morgan fingerprint density at radius 3 is 2.42 bits per heavy atom. The van der Waals surface area contributed by atoms with Crippen molar-refractivity contribution in [1.29, 1.82) is 5.26 Å². The van der Waals surface area contributed by atoms with Crippen LogP contribution in [0.4, 0.5) is 5.69 Å². The number of amides is 1. The van der Waals surface area contributed by atoms with Crippen LogP contribution in [0.15, 0.2) is 75.2 Å². The molecule has 0 bridgehead atoms. The molecule has 0 radical (unpaired) electrons. The summed E-state index contributed by atoms with van der Waals surface area (Å²) in [7, 11) is 0. The molecule has 0 aliphatic heterocycles. The average Bonchev–Trinajstić information content (AvgIpc) is 2.78. The van der Waals surface area contributed by atoms with Gasteiger partial charge in [0.25, 0.3) is 5.91 Å². The molecule has 0 saturated heterocycles. The number of benzene rings is 3. The van der Waals surface area contributed by atoms with Gasteiger partial charge in [-0.25, -0.2) is 0 Å². The van der Waals surface area contributed by atoms with Gasteiger partial charge in [0.15, 0.2) is 0 Å². The summed E-state index contributed by atoms with van der Waals surface area (Å²) in [6, 6.07) is 20.7. The molecule has 0 fully saturated rings. The fraction of sp³-hybridized carbons (Fsp3) is 0.120. The molecular formula is C25H19Br2IN2O3. The summed E-state index contributed by atoms with van der Waals surface area (Å²) >= 11 is 9.31. The Bertz CT molecular complexity index is 1200. The maximum absolute atomic E-state index is 12.6. The number of nitrogens with zero attached hydrogens (tertiary/aromatic N) is 1. The molecule has 0 heterocycles. The van der Waals surface area contributed by atoms with E-state index in [-0.39, 0.29) is 5.57 Å². The zero-order valence-corrected chi connectivity index (χ0v) is 22.9. The van der Waals surface area contributed by atoms with Crippen molar-refractivity contribution in [2.45, 2.75) is 13.5 Å². The van der Waals surface area contributed by atoms with Crippen molar-refractivity contribution < 1.29 is 14.3 Å². The SMILES string of the molecule is CCOc1cccc(NC(=O)/C(C#N)=C\c2cc(Br)c(OCc3ccc(I)cc3)c(Br)c2)c1. The Morgan fingerprint density at radius 2 is 1.79 bits per heavy atom. The standard InChI is InChI=1S/C25H19Br2IN2O3/c1-2-32-21-5-3-4-20(13-21)30-25(31)18(14-29)10-17-11-22(26)24(23(27)12-17)33-15-16-6-8-19(28)9-7-16/h3-13H,2,15H2,1H3,(H,30,31)/b18-10-. The first-order chi connectivity index (χ1) is 15.9. The maximum atomic E-state index is 12.6. The number of anilines is 1. The minimum Gasteiger partial charge on any atom is -0.494 e. The highest BCUT2D eigenvalue weighted by Crippen LogP contribution is 2.36. The summed E-state index contributed by atoms with van der Waals surface area (Å²) in [5, 5.41) is 12.3. The Hall–Kier alpha value is -2.35. The third-order valence-corrected chi connectivity index (χ3v) is 6.29. The summed E-state index contributed by atoms with van der Waals surface area (Å²) in [6.07, 6.45) is 1.53. The van der Waals surface area contributed by atoms with Crippen molar-refractivity contribution in [3.63, 3.8) is 0 Å². The van der Waals surface area contributed by atoms with Crippen LogP contribution in [-0.4, -0.2) is 12.5 Å². The Kier molecular flexibility index (Phi) is 9.35. The van der Waals surface area contributed by atoms with E-state index in [1.807, 2.05) is 37.3 Å². The monoisotopic (exact) mass is 680 g/mol. The number of halogens is 3. The number of carbonyl (C=O) groups excluding carboxylic acids is 1. The van der Waals surface area contributed by atoms with E-state index in [2.05, 4.69) is 59.8 Å². The molecule has 168 valence electrons. The van der Waals surface area contributed by atoms with Gasteiger partial charge < -0.3 is 14.8 Å². The first-order valence-corrected chi connectivity index (χ1v) is 12.6. The molecule has 1 amide bonds. The van der Waals surface area contributed by atoms with Gasteiger partial charge in [0.1, 0.15) is 29.7 Å². The van der Waals surface area contributed by atoms with E-state index in [9.17, 15) is 10.1 Å². The van der Waals surface area contributed by atoms with Crippen LogP contribution in [0, 0.1) is 14.9 Å². The van der Waals surface area contributed by atoms with Crippen molar-refractivity contribution in [3.05, 3.63) is 89.9 Å². The molecule has 0 aliphatic carbocycles. The number of hydrogen-bond acceptors (Lipinski definition) is 4. The molecule has 8 heteroatoms. The van der Waals surface area contributed by atoms with E-state index < -0.39 is 5.91 Å². The first-order valence-electron chi connectivity index (χ1n) is 9.92. The van der Waals surface area contributed by atoms with Crippen molar-refractivity contribution in [3.8, 4) is 17.6 Å². The lowest BCUT2D eigenvalue weighted by molar-refractivity contribution is -0.112. The van der Waals surface area contributed by atoms with E-state index >= 15 is 0 Å². The second-order valence-corrected chi connectivity index (χ2v) is 9.77. The summed E-state index contributed by atoms with van der Waals surface area (Å²) in [5.41, 5.74) is 2.25. The van der Waals surface area contributed by atoms with Crippen LogP contribution in [0.1, 0.15) is 18.1 Å². The molecule has 33 heavy (non-hydrogen) atoms. The summed E-state index contributed by atoms with van der Waals surface area (Å²) in [4.78, 5) is 12.6. The molecule has 5 nitrogen and oxygen atoms in total. The van der Waals surface area contributed by atoms with Gasteiger partial charge in [0, 0.05) is 15.3 Å². The first kappa shape index (κ1) is 25.3. The summed E-state index contributed by atoms with van der Waals surface area (Å²) in [5.74, 6) is 0.783. The molecule has 0 atom stereocenters. The number of rotatable bonds is 8. The molecule has 0 aliphatic rings. The Balaban J connectivity index is 1.75.